The van der Waals surface area contributed by atoms with Crippen LogP contribution in [0.3, 0.4) is 0 Å². The summed E-state index contributed by atoms with van der Waals surface area (Å²) in [6.07, 6.45) is 0. The molecule has 12 rings (SSSR count). The van der Waals surface area contributed by atoms with Crippen LogP contribution < -0.4 is 0 Å². The lowest BCUT2D eigenvalue weighted by Crippen LogP contribution is -2.00. The largest absolute Gasteiger partial charge is 0.423 e. The Morgan fingerprint density at radius 1 is 0.322 bits per heavy atom. The van der Waals surface area contributed by atoms with Crippen LogP contribution >= 0.6 is 0 Å². The van der Waals surface area contributed by atoms with E-state index < -0.39 is 0 Å². The van der Waals surface area contributed by atoms with Crippen molar-refractivity contribution in [3.05, 3.63) is 194 Å². The molecule has 0 unspecified atom stereocenters. The summed E-state index contributed by atoms with van der Waals surface area (Å²) in [7, 11) is 0. The van der Waals surface area contributed by atoms with E-state index in [1.165, 1.54) is 5.39 Å². The molecule has 0 N–H and O–H groups in total. The number of nitrogens with zero attached hydrogens (tertiary/aromatic N) is 6. The van der Waals surface area contributed by atoms with Gasteiger partial charge in [0.2, 0.25) is 0 Å². The van der Waals surface area contributed by atoms with Gasteiger partial charge >= 0.3 is 6.01 Å². The molecule has 0 amide bonds. The van der Waals surface area contributed by atoms with Crippen LogP contribution in [0.1, 0.15) is 0 Å². The number of aromatic nitrogens is 6. The Labute approximate surface area is 338 Å². The van der Waals surface area contributed by atoms with Gasteiger partial charge in [0.05, 0.1) is 22.1 Å². The third kappa shape index (κ3) is 5.44. The van der Waals surface area contributed by atoms with Gasteiger partial charge in [-0.3, -0.25) is 4.57 Å². The first kappa shape index (κ1) is 33.0. The van der Waals surface area contributed by atoms with Crippen molar-refractivity contribution in [1.29, 1.82) is 0 Å². The Kier molecular flexibility index (Phi) is 7.40. The third-order valence-electron chi connectivity index (χ3n) is 11.2. The molecule has 0 bridgehead atoms. The number of benzene rings is 8. The van der Waals surface area contributed by atoms with Crippen molar-refractivity contribution in [3.8, 4) is 57.0 Å². The molecule has 0 spiro atoms. The van der Waals surface area contributed by atoms with Crippen LogP contribution in [0.2, 0.25) is 0 Å². The maximum Gasteiger partial charge on any atom is 0.307 e. The van der Waals surface area contributed by atoms with Gasteiger partial charge in [0, 0.05) is 43.9 Å². The Balaban J connectivity index is 0.953. The number of rotatable bonds is 6. The molecule has 8 aromatic carbocycles. The van der Waals surface area contributed by atoms with E-state index in [0.29, 0.717) is 23.5 Å². The molecule has 0 saturated heterocycles. The summed E-state index contributed by atoms with van der Waals surface area (Å²) >= 11 is 0. The lowest BCUT2D eigenvalue weighted by atomic mass is 10.0. The van der Waals surface area contributed by atoms with Crippen molar-refractivity contribution in [2.75, 3.05) is 0 Å². The molecule has 4 heterocycles. The molecular formula is C52H32N6O. The second-order valence-corrected chi connectivity index (χ2v) is 14.7. The number of hydrogen-bond donors (Lipinski definition) is 0. The molecule has 7 heteroatoms. The highest BCUT2D eigenvalue weighted by Gasteiger charge is 2.19. The van der Waals surface area contributed by atoms with Crippen LogP contribution in [0.4, 0.5) is 0 Å². The van der Waals surface area contributed by atoms with Gasteiger partial charge in [0.1, 0.15) is 5.52 Å². The number of hydrogen-bond acceptors (Lipinski definition) is 5. The Morgan fingerprint density at radius 3 is 1.49 bits per heavy atom. The molecular weight excluding hydrogens is 725 g/mol. The Morgan fingerprint density at radius 2 is 0.797 bits per heavy atom. The highest BCUT2D eigenvalue weighted by molar-refractivity contribution is 6.11. The monoisotopic (exact) mass is 756 g/mol. The van der Waals surface area contributed by atoms with Gasteiger partial charge in [-0.25, -0.2) is 15.0 Å². The van der Waals surface area contributed by atoms with Crippen LogP contribution in [0, 0.1) is 0 Å². The summed E-state index contributed by atoms with van der Waals surface area (Å²) in [5.41, 5.74) is 12.0. The lowest BCUT2D eigenvalue weighted by molar-refractivity contribution is 0.574. The number of para-hydroxylation sites is 5. The zero-order chi connectivity index (χ0) is 38.9. The molecule has 0 radical (unpaired) electrons. The second-order valence-electron chi connectivity index (χ2n) is 14.7. The van der Waals surface area contributed by atoms with Crippen LogP contribution in [0.15, 0.2) is 199 Å². The molecule has 0 aliphatic rings. The van der Waals surface area contributed by atoms with Crippen molar-refractivity contribution in [3.63, 3.8) is 0 Å². The summed E-state index contributed by atoms with van der Waals surface area (Å²) in [5, 5.41) is 4.58. The maximum atomic E-state index is 6.26. The molecule has 59 heavy (non-hydrogen) atoms. The normalized spacial score (nSPS) is 11.7. The van der Waals surface area contributed by atoms with Crippen LogP contribution in [0.5, 0.6) is 0 Å². The van der Waals surface area contributed by atoms with Crippen molar-refractivity contribution in [2.45, 2.75) is 0 Å². The van der Waals surface area contributed by atoms with Gasteiger partial charge in [-0.2, -0.15) is 4.98 Å². The zero-order valence-corrected chi connectivity index (χ0v) is 31.6. The van der Waals surface area contributed by atoms with E-state index in [2.05, 4.69) is 143 Å². The van der Waals surface area contributed by atoms with Gasteiger partial charge in [0.25, 0.3) is 0 Å². The molecule has 7 nitrogen and oxygen atoms in total. The van der Waals surface area contributed by atoms with E-state index in [4.69, 9.17) is 24.4 Å². The van der Waals surface area contributed by atoms with Gasteiger partial charge in [-0.05, 0) is 77.9 Å². The second kappa shape index (κ2) is 13.2. The molecule has 276 valence electrons. The van der Waals surface area contributed by atoms with E-state index >= 15 is 0 Å². The number of oxazole rings is 1. The minimum absolute atomic E-state index is 0.556. The van der Waals surface area contributed by atoms with Gasteiger partial charge in [-0.15, -0.1) is 0 Å². The first-order valence-electron chi connectivity index (χ1n) is 19.6. The first-order valence-corrected chi connectivity index (χ1v) is 19.6. The van der Waals surface area contributed by atoms with E-state index in [1.807, 2.05) is 60.7 Å². The summed E-state index contributed by atoms with van der Waals surface area (Å²) in [4.78, 5) is 20.1. The van der Waals surface area contributed by atoms with E-state index in [1.54, 1.807) is 0 Å². The molecule has 0 aliphatic carbocycles. The summed E-state index contributed by atoms with van der Waals surface area (Å²) in [6.45, 7) is 0. The van der Waals surface area contributed by atoms with Gasteiger partial charge in [-0.1, -0.05) is 127 Å². The van der Waals surface area contributed by atoms with E-state index in [0.717, 1.165) is 82.8 Å². The smallest absolute Gasteiger partial charge is 0.307 e. The Bertz CT molecular complexity index is 3510. The fraction of sp³-hybridized carbons (Fsp3) is 0. The summed E-state index contributed by atoms with van der Waals surface area (Å²) in [6, 6.07) is 67.6. The summed E-state index contributed by atoms with van der Waals surface area (Å²) in [5.74, 6) is 1.86. The topological polar surface area (TPSA) is 74.6 Å². The van der Waals surface area contributed by atoms with E-state index in [-0.39, 0.29) is 0 Å². The Hall–Kier alpha value is -8.16. The lowest BCUT2D eigenvalue weighted by Gasteiger charge is -2.10. The van der Waals surface area contributed by atoms with Crippen LogP contribution in [0.25, 0.3) is 112 Å². The molecule has 0 saturated carbocycles. The summed E-state index contributed by atoms with van der Waals surface area (Å²) < 4.78 is 10.7. The van der Waals surface area contributed by atoms with Crippen molar-refractivity contribution in [1.82, 2.24) is 29.1 Å². The minimum Gasteiger partial charge on any atom is -0.423 e. The average molecular weight is 757 g/mol. The molecule has 12 aromatic rings. The molecule has 4 aromatic heterocycles. The quantitative estimate of drug-likeness (QED) is 0.169. The van der Waals surface area contributed by atoms with Crippen molar-refractivity contribution < 1.29 is 4.42 Å². The fourth-order valence-corrected chi connectivity index (χ4v) is 8.44. The fourth-order valence-electron chi connectivity index (χ4n) is 8.44. The van der Waals surface area contributed by atoms with Gasteiger partial charge in [0.15, 0.2) is 23.1 Å². The first-order chi connectivity index (χ1) is 29.2. The predicted octanol–water partition coefficient (Wildman–Crippen LogP) is 12.9. The van der Waals surface area contributed by atoms with E-state index in [9.17, 15) is 0 Å². The van der Waals surface area contributed by atoms with Crippen LogP contribution in [-0.2, 0) is 0 Å². The van der Waals surface area contributed by atoms with Crippen molar-refractivity contribution in [2.24, 2.45) is 0 Å². The number of fused-ring (bicyclic) bond motifs is 7. The molecule has 0 atom stereocenters. The van der Waals surface area contributed by atoms with Crippen LogP contribution in [-0.4, -0.2) is 29.1 Å². The highest BCUT2D eigenvalue weighted by atomic mass is 16.4. The zero-order valence-electron chi connectivity index (χ0n) is 31.6. The van der Waals surface area contributed by atoms with Crippen molar-refractivity contribution >= 4 is 54.7 Å². The average Bonchev–Trinajstić information content (AvgIpc) is 3.99. The highest BCUT2D eigenvalue weighted by Crippen LogP contribution is 2.37. The standard InChI is InChI=1S/C52H32N6O/c1-3-13-34(14-4-1)49-54-50(56-51(55-49)37-28-30-46-42(32-37)39-17-7-10-20-44(39)57(46)38-15-5-2-6-16-38)35-25-23-33(24-26-35)36-27-29-47-41(31-36)40-18-8-11-21-45(40)58(47)52-53-43-19-9-12-22-48(43)59-52/h1-32H. The molecule has 0 fully saturated rings. The SMILES string of the molecule is c1ccc(-c2nc(-c3ccc(-c4ccc5c(c4)c4ccccc4n5-c4nc5ccccc5o4)cc3)nc(-c3ccc4c(c3)c3ccccc3n4-c3ccccc3)n2)cc1. The van der Waals surface area contributed by atoms with Gasteiger partial charge < -0.3 is 8.98 Å². The predicted molar refractivity (Wildman–Crippen MR) is 238 cm³/mol. The third-order valence-corrected chi connectivity index (χ3v) is 11.2. The molecule has 0 aliphatic heterocycles. The minimum atomic E-state index is 0.556. The maximum absolute atomic E-state index is 6.26.